The van der Waals surface area contributed by atoms with Gasteiger partial charge in [0.1, 0.15) is 25.2 Å². The lowest BCUT2D eigenvalue weighted by molar-refractivity contribution is -0.151. The van der Waals surface area contributed by atoms with Crippen molar-refractivity contribution >= 4 is 11.7 Å². The number of rotatable bonds is 9. The normalized spacial score (nSPS) is 15.4. The molecule has 1 heterocycles. The fourth-order valence-electron chi connectivity index (χ4n) is 3.17. The average Bonchev–Trinajstić information content (AvgIpc) is 2.69. The molecule has 0 saturated carbocycles. The second-order valence-electron chi connectivity index (χ2n) is 6.65. The Hall–Kier alpha value is -2.86. The van der Waals surface area contributed by atoms with Gasteiger partial charge in [-0.3, -0.25) is 4.79 Å². The van der Waals surface area contributed by atoms with Crippen molar-refractivity contribution in [1.82, 2.24) is 0 Å². The maximum atomic E-state index is 11.9. The first-order valence-electron chi connectivity index (χ1n) is 9.29. The molecule has 6 heteroatoms. The summed E-state index contributed by atoms with van der Waals surface area (Å²) in [6.07, 6.45) is 0.319. The highest BCUT2D eigenvalue weighted by Gasteiger charge is 2.42. The molecule has 2 aromatic rings. The van der Waals surface area contributed by atoms with E-state index in [9.17, 15) is 4.79 Å². The van der Waals surface area contributed by atoms with Crippen LogP contribution in [0, 0.1) is 0 Å². The third-order valence-corrected chi connectivity index (χ3v) is 4.70. The summed E-state index contributed by atoms with van der Waals surface area (Å²) >= 11 is 0. The van der Waals surface area contributed by atoms with Crippen LogP contribution in [0.5, 0.6) is 5.75 Å². The van der Waals surface area contributed by atoms with Crippen molar-refractivity contribution in [3.63, 3.8) is 0 Å². The molecule has 0 N–H and O–H groups in total. The topological polar surface area (TPSA) is 66.4 Å². The highest BCUT2D eigenvalue weighted by atomic mass is 16.6. The Morgan fingerprint density at radius 3 is 2.39 bits per heavy atom. The minimum Gasteiger partial charge on any atom is -0.487 e. The highest BCUT2D eigenvalue weighted by molar-refractivity contribution is 6.01. The van der Waals surface area contributed by atoms with Crippen molar-refractivity contribution in [2.24, 2.45) is 5.16 Å². The molecule has 0 radical (unpaired) electrons. The van der Waals surface area contributed by atoms with E-state index in [1.54, 1.807) is 0 Å². The van der Waals surface area contributed by atoms with E-state index in [4.69, 9.17) is 19.0 Å². The lowest BCUT2D eigenvalue weighted by Gasteiger charge is -2.41. The molecule has 1 saturated heterocycles. The van der Waals surface area contributed by atoms with Gasteiger partial charge in [0.15, 0.2) is 0 Å². The SMILES string of the molecule is CCOC(=O)CC1(c2ccc(OC/C(=N/OC)c3ccccc3)cc2)COC1. The predicted octanol–water partition coefficient (Wildman–Crippen LogP) is 3.34. The average molecular weight is 383 g/mol. The minimum atomic E-state index is -0.308. The third-order valence-electron chi connectivity index (χ3n) is 4.70. The van der Waals surface area contributed by atoms with Crippen molar-refractivity contribution in [2.45, 2.75) is 18.8 Å². The van der Waals surface area contributed by atoms with E-state index in [-0.39, 0.29) is 18.0 Å². The molecule has 0 aromatic heterocycles. The van der Waals surface area contributed by atoms with Crippen LogP contribution in [0.1, 0.15) is 24.5 Å². The second kappa shape index (κ2) is 9.37. The summed E-state index contributed by atoms with van der Waals surface area (Å²) in [5.74, 6) is 0.518. The molecule has 0 unspecified atom stereocenters. The second-order valence-corrected chi connectivity index (χ2v) is 6.65. The Balaban J connectivity index is 1.65. The number of carbonyl (C=O) groups is 1. The molecule has 1 fully saturated rings. The quantitative estimate of drug-likeness (QED) is 0.377. The maximum absolute atomic E-state index is 11.9. The predicted molar refractivity (Wildman–Crippen MR) is 106 cm³/mol. The fraction of sp³-hybridized carbons (Fsp3) is 0.364. The molecule has 28 heavy (non-hydrogen) atoms. The molecule has 6 nitrogen and oxygen atoms in total. The number of hydrogen-bond donors (Lipinski definition) is 0. The van der Waals surface area contributed by atoms with Crippen molar-refractivity contribution in [1.29, 1.82) is 0 Å². The summed E-state index contributed by atoms with van der Waals surface area (Å²) in [6, 6.07) is 17.5. The number of ether oxygens (including phenoxy) is 3. The minimum absolute atomic E-state index is 0.200. The van der Waals surface area contributed by atoms with E-state index in [0.717, 1.165) is 16.9 Å². The van der Waals surface area contributed by atoms with Gasteiger partial charge in [0.05, 0.1) is 31.7 Å². The monoisotopic (exact) mass is 383 g/mol. The van der Waals surface area contributed by atoms with Crippen molar-refractivity contribution in [3.05, 3.63) is 65.7 Å². The lowest BCUT2D eigenvalue weighted by atomic mass is 9.76. The van der Waals surface area contributed by atoms with Crippen LogP contribution in [0.15, 0.2) is 59.8 Å². The van der Waals surface area contributed by atoms with Crippen LogP contribution in [0.3, 0.4) is 0 Å². The molecule has 0 spiro atoms. The Morgan fingerprint density at radius 1 is 1.11 bits per heavy atom. The number of carbonyl (C=O) groups excluding carboxylic acids is 1. The summed E-state index contributed by atoms with van der Waals surface area (Å²) in [5.41, 5.74) is 2.39. The molecule has 0 amide bonds. The first-order valence-corrected chi connectivity index (χ1v) is 9.29. The maximum Gasteiger partial charge on any atom is 0.306 e. The first kappa shape index (κ1) is 19.9. The fourth-order valence-corrected chi connectivity index (χ4v) is 3.17. The third kappa shape index (κ3) is 4.70. The molecule has 148 valence electrons. The molecule has 0 bridgehead atoms. The summed E-state index contributed by atoms with van der Waals surface area (Å²) in [7, 11) is 1.52. The Kier molecular flexibility index (Phi) is 6.66. The molecule has 2 aromatic carbocycles. The van der Waals surface area contributed by atoms with Crippen molar-refractivity contribution in [2.75, 3.05) is 33.5 Å². The van der Waals surface area contributed by atoms with E-state index >= 15 is 0 Å². The molecule has 0 aliphatic carbocycles. The molecule has 1 aliphatic heterocycles. The van der Waals surface area contributed by atoms with Crippen molar-refractivity contribution < 1.29 is 23.8 Å². The van der Waals surface area contributed by atoms with Crippen LogP contribution < -0.4 is 4.74 Å². The molecule has 0 atom stereocenters. The van der Waals surface area contributed by atoms with Gasteiger partial charge in [-0.2, -0.15) is 0 Å². The van der Waals surface area contributed by atoms with Crippen LogP contribution in [0.25, 0.3) is 0 Å². The van der Waals surface area contributed by atoms with Crippen LogP contribution in [-0.4, -0.2) is 45.2 Å². The van der Waals surface area contributed by atoms with E-state index in [0.29, 0.717) is 32.0 Å². The summed E-state index contributed by atoms with van der Waals surface area (Å²) < 4.78 is 16.4. The van der Waals surface area contributed by atoms with Gasteiger partial charge >= 0.3 is 5.97 Å². The van der Waals surface area contributed by atoms with Crippen LogP contribution in [0.4, 0.5) is 0 Å². The molecule has 3 rings (SSSR count). The van der Waals surface area contributed by atoms with Gasteiger partial charge in [-0.1, -0.05) is 47.6 Å². The molecular formula is C22H25NO5. The van der Waals surface area contributed by atoms with E-state index in [1.165, 1.54) is 7.11 Å². The molecular weight excluding hydrogens is 358 g/mol. The summed E-state index contributed by atoms with van der Waals surface area (Å²) in [5, 5.41) is 4.06. The highest BCUT2D eigenvalue weighted by Crippen LogP contribution is 2.36. The summed E-state index contributed by atoms with van der Waals surface area (Å²) in [6.45, 7) is 3.52. The van der Waals surface area contributed by atoms with Crippen LogP contribution in [0.2, 0.25) is 0 Å². The number of hydrogen-bond acceptors (Lipinski definition) is 6. The van der Waals surface area contributed by atoms with E-state index < -0.39 is 0 Å². The number of oxime groups is 1. The van der Waals surface area contributed by atoms with E-state index in [1.807, 2.05) is 61.5 Å². The van der Waals surface area contributed by atoms with Gasteiger partial charge in [0.2, 0.25) is 0 Å². The zero-order chi connectivity index (χ0) is 19.8. The number of benzene rings is 2. The Bertz CT molecular complexity index is 797. The first-order chi connectivity index (χ1) is 13.7. The van der Waals surface area contributed by atoms with Gasteiger partial charge in [-0.25, -0.2) is 0 Å². The number of esters is 1. The zero-order valence-electron chi connectivity index (χ0n) is 16.2. The van der Waals surface area contributed by atoms with Crippen molar-refractivity contribution in [3.8, 4) is 5.75 Å². The Labute approximate surface area is 165 Å². The number of nitrogens with zero attached hydrogens (tertiary/aromatic N) is 1. The van der Waals surface area contributed by atoms with Gasteiger partial charge in [-0.15, -0.1) is 0 Å². The smallest absolute Gasteiger partial charge is 0.306 e. The lowest BCUT2D eigenvalue weighted by Crippen LogP contribution is -2.48. The van der Waals surface area contributed by atoms with Gasteiger partial charge in [0, 0.05) is 5.56 Å². The molecule has 1 aliphatic rings. The van der Waals surface area contributed by atoms with Crippen LogP contribution in [-0.2, 0) is 24.5 Å². The standard InChI is InChI=1S/C22H25NO5/c1-3-27-21(24)13-22(15-26-16-22)18-9-11-19(12-10-18)28-14-20(23-25-2)17-7-5-4-6-8-17/h4-12H,3,13-16H2,1-2H3/b23-20-. The van der Waals surface area contributed by atoms with Gasteiger partial charge in [-0.05, 0) is 24.6 Å². The van der Waals surface area contributed by atoms with Gasteiger partial charge < -0.3 is 19.0 Å². The largest absolute Gasteiger partial charge is 0.487 e. The van der Waals surface area contributed by atoms with Crippen LogP contribution >= 0.6 is 0 Å². The summed E-state index contributed by atoms with van der Waals surface area (Å²) in [4.78, 5) is 16.9. The zero-order valence-corrected chi connectivity index (χ0v) is 16.2. The van der Waals surface area contributed by atoms with Gasteiger partial charge in [0.25, 0.3) is 0 Å². The Morgan fingerprint density at radius 2 is 1.82 bits per heavy atom. The van der Waals surface area contributed by atoms with E-state index in [2.05, 4.69) is 5.16 Å².